The lowest BCUT2D eigenvalue weighted by Crippen LogP contribution is -2.26. The second-order valence-corrected chi connectivity index (χ2v) is 5.24. The molecule has 0 aromatic heterocycles. The van der Waals surface area contributed by atoms with Gasteiger partial charge in [-0.25, -0.2) is 0 Å². The molecular weight excluding hydrogens is 194 g/mol. The zero-order valence-electron chi connectivity index (χ0n) is 12.1. The summed E-state index contributed by atoms with van der Waals surface area (Å²) in [7, 11) is 2.29. The van der Waals surface area contributed by atoms with E-state index in [0.717, 1.165) is 5.92 Å². The van der Waals surface area contributed by atoms with Gasteiger partial charge in [0.05, 0.1) is 0 Å². The van der Waals surface area contributed by atoms with Crippen LogP contribution in [0.4, 0.5) is 0 Å². The van der Waals surface area contributed by atoms with Gasteiger partial charge < -0.3 is 4.90 Å². The molecule has 1 nitrogen and oxygen atoms in total. The molecule has 1 atom stereocenters. The first-order valence-corrected chi connectivity index (χ1v) is 7.43. The highest BCUT2D eigenvalue weighted by atomic mass is 15.1. The number of nitrogens with zero attached hydrogens (tertiary/aromatic N) is 1. The monoisotopic (exact) mass is 227 g/mol. The van der Waals surface area contributed by atoms with Gasteiger partial charge in [0.25, 0.3) is 0 Å². The van der Waals surface area contributed by atoms with E-state index < -0.39 is 0 Å². The Morgan fingerprint density at radius 1 is 0.875 bits per heavy atom. The van der Waals surface area contributed by atoms with Gasteiger partial charge in [-0.1, -0.05) is 59.3 Å². The van der Waals surface area contributed by atoms with Crippen molar-refractivity contribution in [2.45, 2.75) is 72.1 Å². The zero-order chi connectivity index (χ0) is 12.2. The third kappa shape index (κ3) is 9.21. The van der Waals surface area contributed by atoms with Gasteiger partial charge >= 0.3 is 0 Å². The Labute approximate surface area is 104 Å². The van der Waals surface area contributed by atoms with Gasteiger partial charge in [-0.15, -0.1) is 0 Å². The molecule has 0 aliphatic heterocycles. The van der Waals surface area contributed by atoms with Crippen molar-refractivity contribution in [1.82, 2.24) is 4.90 Å². The molecule has 0 aliphatic carbocycles. The average molecular weight is 227 g/mol. The number of hydrogen-bond acceptors (Lipinski definition) is 1. The normalized spacial score (nSPS) is 13.3. The van der Waals surface area contributed by atoms with Crippen molar-refractivity contribution >= 4 is 0 Å². The van der Waals surface area contributed by atoms with E-state index in [0.29, 0.717) is 0 Å². The predicted octanol–water partition coefficient (Wildman–Crippen LogP) is 4.71. The van der Waals surface area contributed by atoms with Crippen LogP contribution < -0.4 is 0 Å². The van der Waals surface area contributed by atoms with Crippen LogP contribution in [-0.2, 0) is 0 Å². The summed E-state index contributed by atoms with van der Waals surface area (Å²) in [4.78, 5) is 2.54. The van der Waals surface area contributed by atoms with Gasteiger partial charge in [0.15, 0.2) is 0 Å². The van der Waals surface area contributed by atoms with E-state index in [1.807, 2.05) is 0 Å². The first-order chi connectivity index (χ1) is 7.74. The fourth-order valence-electron chi connectivity index (χ4n) is 2.26. The maximum atomic E-state index is 2.54. The van der Waals surface area contributed by atoms with Gasteiger partial charge in [-0.2, -0.15) is 0 Å². The van der Waals surface area contributed by atoms with Crippen molar-refractivity contribution < 1.29 is 0 Å². The van der Waals surface area contributed by atoms with E-state index >= 15 is 0 Å². The summed E-state index contributed by atoms with van der Waals surface area (Å²) in [5.41, 5.74) is 0. The third-order valence-corrected chi connectivity index (χ3v) is 3.51. The summed E-state index contributed by atoms with van der Waals surface area (Å²) in [6.07, 6.45) is 11.1. The number of rotatable bonds is 11. The molecule has 0 aromatic rings. The Morgan fingerprint density at radius 3 is 2.12 bits per heavy atom. The molecule has 0 amide bonds. The van der Waals surface area contributed by atoms with Crippen LogP contribution in [0.25, 0.3) is 0 Å². The quantitative estimate of drug-likeness (QED) is 0.462. The van der Waals surface area contributed by atoms with E-state index in [4.69, 9.17) is 0 Å². The molecule has 0 saturated heterocycles. The molecule has 0 rings (SSSR count). The molecule has 1 unspecified atom stereocenters. The van der Waals surface area contributed by atoms with Crippen LogP contribution in [0.2, 0.25) is 0 Å². The molecule has 0 N–H and O–H groups in total. The smallest absolute Gasteiger partial charge is 0.000650 e. The first-order valence-electron chi connectivity index (χ1n) is 7.43. The maximum Gasteiger partial charge on any atom is 0.000650 e. The Bertz CT molecular complexity index is 133. The summed E-state index contributed by atoms with van der Waals surface area (Å²) < 4.78 is 0. The molecule has 98 valence electrons. The second-order valence-electron chi connectivity index (χ2n) is 5.24. The molecule has 0 aromatic carbocycles. The lowest BCUT2D eigenvalue weighted by Gasteiger charge is -2.23. The minimum atomic E-state index is 0.927. The van der Waals surface area contributed by atoms with E-state index in [2.05, 4.69) is 32.7 Å². The molecule has 1 heteroatoms. The SMILES string of the molecule is CCCCCCN(C)CC(CC)CCCC. The van der Waals surface area contributed by atoms with Crippen LogP contribution in [0.3, 0.4) is 0 Å². The van der Waals surface area contributed by atoms with Crippen LogP contribution in [0.5, 0.6) is 0 Å². The molecular formula is C15H33N. The standard InChI is InChI=1S/C15H33N/c1-5-8-10-11-13-16(4)14-15(7-3)12-9-6-2/h15H,5-14H2,1-4H3. The van der Waals surface area contributed by atoms with Crippen LogP contribution in [0.1, 0.15) is 72.1 Å². The van der Waals surface area contributed by atoms with Crippen molar-refractivity contribution in [2.75, 3.05) is 20.1 Å². The fraction of sp³-hybridized carbons (Fsp3) is 1.00. The van der Waals surface area contributed by atoms with Crippen molar-refractivity contribution in [2.24, 2.45) is 5.92 Å². The highest BCUT2D eigenvalue weighted by Crippen LogP contribution is 2.14. The number of hydrogen-bond donors (Lipinski definition) is 0. The lowest BCUT2D eigenvalue weighted by molar-refractivity contribution is 0.255. The topological polar surface area (TPSA) is 3.24 Å². The van der Waals surface area contributed by atoms with E-state index in [1.165, 1.54) is 64.5 Å². The minimum Gasteiger partial charge on any atom is -0.306 e. The largest absolute Gasteiger partial charge is 0.306 e. The molecule has 0 saturated carbocycles. The fourth-order valence-corrected chi connectivity index (χ4v) is 2.26. The molecule has 0 aliphatic rings. The lowest BCUT2D eigenvalue weighted by atomic mass is 9.99. The van der Waals surface area contributed by atoms with Crippen molar-refractivity contribution in [3.05, 3.63) is 0 Å². The van der Waals surface area contributed by atoms with Crippen molar-refractivity contribution in [1.29, 1.82) is 0 Å². The minimum absolute atomic E-state index is 0.927. The van der Waals surface area contributed by atoms with Crippen LogP contribution in [0, 0.1) is 5.92 Å². The van der Waals surface area contributed by atoms with Crippen molar-refractivity contribution in [3.63, 3.8) is 0 Å². The van der Waals surface area contributed by atoms with E-state index in [9.17, 15) is 0 Å². The van der Waals surface area contributed by atoms with Gasteiger partial charge in [0.1, 0.15) is 0 Å². The van der Waals surface area contributed by atoms with Gasteiger partial charge in [0, 0.05) is 6.54 Å². The second kappa shape index (κ2) is 11.4. The Hall–Kier alpha value is -0.0400. The third-order valence-electron chi connectivity index (χ3n) is 3.51. The van der Waals surface area contributed by atoms with Gasteiger partial charge in [-0.3, -0.25) is 0 Å². The van der Waals surface area contributed by atoms with Crippen molar-refractivity contribution in [3.8, 4) is 0 Å². The van der Waals surface area contributed by atoms with Gasteiger partial charge in [-0.05, 0) is 32.4 Å². The zero-order valence-corrected chi connectivity index (χ0v) is 12.1. The number of unbranched alkanes of at least 4 members (excludes halogenated alkanes) is 4. The summed E-state index contributed by atoms with van der Waals surface area (Å²) >= 11 is 0. The molecule has 0 spiro atoms. The predicted molar refractivity (Wildman–Crippen MR) is 74.9 cm³/mol. The van der Waals surface area contributed by atoms with Crippen LogP contribution in [-0.4, -0.2) is 25.0 Å². The Balaban J connectivity index is 3.53. The van der Waals surface area contributed by atoms with E-state index in [1.54, 1.807) is 0 Å². The molecule has 0 radical (unpaired) electrons. The first kappa shape index (κ1) is 16.0. The van der Waals surface area contributed by atoms with E-state index in [-0.39, 0.29) is 0 Å². The van der Waals surface area contributed by atoms with Crippen LogP contribution >= 0.6 is 0 Å². The Morgan fingerprint density at radius 2 is 1.56 bits per heavy atom. The molecule has 0 bridgehead atoms. The summed E-state index contributed by atoms with van der Waals surface area (Å²) in [5.74, 6) is 0.927. The molecule has 0 heterocycles. The Kier molecular flexibility index (Phi) is 11.4. The highest BCUT2D eigenvalue weighted by molar-refractivity contribution is 4.62. The highest BCUT2D eigenvalue weighted by Gasteiger charge is 2.08. The summed E-state index contributed by atoms with van der Waals surface area (Å²) in [5, 5.41) is 0. The average Bonchev–Trinajstić information content (AvgIpc) is 2.30. The molecule has 16 heavy (non-hydrogen) atoms. The summed E-state index contributed by atoms with van der Waals surface area (Å²) in [6.45, 7) is 9.51. The van der Waals surface area contributed by atoms with Crippen LogP contribution in [0.15, 0.2) is 0 Å². The molecule has 0 fully saturated rings. The summed E-state index contributed by atoms with van der Waals surface area (Å²) in [6, 6.07) is 0. The maximum absolute atomic E-state index is 2.54. The van der Waals surface area contributed by atoms with Gasteiger partial charge in [0.2, 0.25) is 0 Å².